The molecule has 134 valence electrons. The molecule has 0 aliphatic carbocycles. The van der Waals surface area contributed by atoms with Crippen LogP contribution in [-0.2, 0) is 9.59 Å². The van der Waals surface area contributed by atoms with Crippen LogP contribution in [0.5, 0.6) is 0 Å². The van der Waals surface area contributed by atoms with E-state index in [1.54, 1.807) is 12.1 Å². The first kappa shape index (κ1) is 18.8. The Kier molecular flexibility index (Phi) is 6.55. The Morgan fingerprint density at radius 3 is 2.58 bits per heavy atom. The molecule has 0 saturated heterocycles. The van der Waals surface area contributed by atoms with Crippen LogP contribution < -0.4 is 10.7 Å². The second-order valence-electron chi connectivity index (χ2n) is 5.56. The van der Waals surface area contributed by atoms with E-state index in [1.807, 2.05) is 25.1 Å². The SMILES string of the molecule is Cc1cccc(NC(=O)CCC(=O)N/N=C/c2cccc([N+](=O)[O-])c2)c1. The standard InChI is InChI=1S/C18H18N4O4/c1-13-4-2-6-15(10-13)20-17(23)8-9-18(24)21-19-12-14-5-3-7-16(11-14)22(25)26/h2-7,10-12H,8-9H2,1H3,(H,20,23)(H,21,24)/b19-12+. The summed E-state index contributed by atoms with van der Waals surface area (Å²) < 4.78 is 0. The van der Waals surface area contributed by atoms with Gasteiger partial charge in [0.25, 0.3) is 5.69 Å². The van der Waals surface area contributed by atoms with Gasteiger partial charge in [0.15, 0.2) is 0 Å². The summed E-state index contributed by atoms with van der Waals surface area (Å²) in [4.78, 5) is 33.7. The van der Waals surface area contributed by atoms with Crippen LogP contribution in [0, 0.1) is 17.0 Å². The number of rotatable bonds is 7. The third-order valence-corrected chi connectivity index (χ3v) is 3.36. The zero-order valence-corrected chi connectivity index (χ0v) is 14.1. The number of aryl methyl sites for hydroxylation is 1. The van der Waals surface area contributed by atoms with Crippen LogP contribution in [0.15, 0.2) is 53.6 Å². The van der Waals surface area contributed by atoms with Crippen molar-refractivity contribution in [2.45, 2.75) is 19.8 Å². The third-order valence-electron chi connectivity index (χ3n) is 3.36. The van der Waals surface area contributed by atoms with Gasteiger partial charge < -0.3 is 5.32 Å². The van der Waals surface area contributed by atoms with Gasteiger partial charge in [-0.1, -0.05) is 24.3 Å². The first-order valence-electron chi connectivity index (χ1n) is 7.87. The van der Waals surface area contributed by atoms with Crippen molar-refractivity contribution in [3.63, 3.8) is 0 Å². The molecular formula is C18H18N4O4. The van der Waals surface area contributed by atoms with E-state index in [-0.39, 0.29) is 24.4 Å². The van der Waals surface area contributed by atoms with Gasteiger partial charge in [0.1, 0.15) is 0 Å². The Morgan fingerprint density at radius 2 is 1.85 bits per heavy atom. The molecule has 0 spiro atoms. The molecule has 8 heteroatoms. The molecule has 0 heterocycles. The Hall–Kier alpha value is -3.55. The Balaban J connectivity index is 1.77. The molecule has 0 bridgehead atoms. The summed E-state index contributed by atoms with van der Waals surface area (Å²) in [5, 5.41) is 17.1. The minimum absolute atomic E-state index is 0.0199. The van der Waals surface area contributed by atoms with E-state index in [4.69, 9.17) is 0 Å². The molecule has 2 aromatic rings. The van der Waals surface area contributed by atoms with Crippen LogP contribution in [0.1, 0.15) is 24.0 Å². The lowest BCUT2D eigenvalue weighted by Crippen LogP contribution is -2.20. The van der Waals surface area contributed by atoms with E-state index in [2.05, 4.69) is 15.8 Å². The van der Waals surface area contributed by atoms with Crippen LogP contribution in [-0.4, -0.2) is 23.0 Å². The second kappa shape index (κ2) is 9.07. The highest BCUT2D eigenvalue weighted by Crippen LogP contribution is 2.11. The predicted octanol–water partition coefficient (Wildman–Crippen LogP) is 2.77. The van der Waals surface area contributed by atoms with Crippen molar-refractivity contribution in [3.8, 4) is 0 Å². The number of nitro groups is 1. The minimum atomic E-state index is -0.511. The first-order chi connectivity index (χ1) is 12.4. The minimum Gasteiger partial charge on any atom is -0.326 e. The van der Waals surface area contributed by atoms with E-state index >= 15 is 0 Å². The van der Waals surface area contributed by atoms with E-state index < -0.39 is 10.8 Å². The molecule has 0 aromatic heterocycles. The smallest absolute Gasteiger partial charge is 0.270 e. The molecule has 2 N–H and O–H groups in total. The van der Waals surface area contributed by atoms with Crippen molar-refractivity contribution in [1.82, 2.24) is 5.43 Å². The molecule has 0 unspecified atom stereocenters. The lowest BCUT2D eigenvalue weighted by atomic mass is 10.2. The summed E-state index contributed by atoms with van der Waals surface area (Å²) in [5.74, 6) is -0.695. The van der Waals surface area contributed by atoms with Crippen LogP contribution in [0.2, 0.25) is 0 Å². The second-order valence-corrected chi connectivity index (χ2v) is 5.56. The van der Waals surface area contributed by atoms with E-state index in [0.717, 1.165) is 5.56 Å². The fourth-order valence-corrected chi connectivity index (χ4v) is 2.13. The van der Waals surface area contributed by atoms with E-state index in [1.165, 1.54) is 24.4 Å². The largest absolute Gasteiger partial charge is 0.326 e. The summed E-state index contributed by atoms with van der Waals surface area (Å²) in [7, 11) is 0. The highest BCUT2D eigenvalue weighted by molar-refractivity contribution is 5.93. The van der Waals surface area contributed by atoms with Crippen LogP contribution in [0.4, 0.5) is 11.4 Å². The molecule has 2 rings (SSSR count). The van der Waals surface area contributed by atoms with Crippen LogP contribution >= 0.6 is 0 Å². The maximum atomic E-state index is 11.8. The summed E-state index contributed by atoms with van der Waals surface area (Å²) in [5.41, 5.74) is 4.41. The summed E-state index contributed by atoms with van der Waals surface area (Å²) >= 11 is 0. The Bertz CT molecular complexity index is 849. The number of benzene rings is 2. The van der Waals surface area contributed by atoms with Gasteiger partial charge in [-0.25, -0.2) is 5.43 Å². The van der Waals surface area contributed by atoms with Crippen molar-refractivity contribution in [2.75, 3.05) is 5.32 Å². The number of carbonyl (C=O) groups is 2. The number of nitrogens with zero attached hydrogens (tertiary/aromatic N) is 2. The topological polar surface area (TPSA) is 114 Å². The maximum absolute atomic E-state index is 11.8. The number of amides is 2. The van der Waals surface area contributed by atoms with Gasteiger partial charge in [-0.2, -0.15) is 5.10 Å². The lowest BCUT2D eigenvalue weighted by Gasteiger charge is -2.05. The number of anilines is 1. The zero-order valence-electron chi connectivity index (χ0n) is 14.1. The average molecular weight is 354 g/mol. The monoisotopic (exact) mass is 354 g/mol. The number of non-ortho nitro benzene ring substituents is 1. The van der Waals surface area contributed by atoms with E-state index in [9.17, 15) is 19.7 Å². The Labute approximate surface area is 150 Å². The number of hydrogen-bond donors (Lipinski definition) is 2. The Morgan fingerprint density at radius 1 is 1.12 bits per heavy atom. The predicted molar refractivity (Wildman–Crippen MR) is 97.9 cm³/mol. The molecule has 0 saturated carbocycles. The van der Waals surface area contributed by atoms with Gasteiger partial charge in [0, 0.05) is 36.2 Å². The molecule has 2 aromatic carbocycles. The number of carbonyl (C=O) groups excluding carboxylic acids is 2. The zero-order chi connectivity index (χ0) is 18.9. The molecule has 0 atom stereocenters. The van der Waals surface area contributed by atoms with Crippen molar-refractivity contribution in [1.29, 1.82) is 0 Å². The van der Waals surface area contributed by atoms with Gasteiger partial charge in [-0.05, 0) is 24.6 Å². The molecule has 8 nitrogen and oxygen atoms in total. The van der Waals surface area contributed by atoms with Crippen molar-refractivity contribution >= 4 is 29.4 Å². The molecule has 0 aliphatic rings. The number of hydrogen-bond acceptors (Lipinski definition) is 5. The fourth-order valence-electron chi connectivity index (χ4n) is 2.13. The molecule has 26 heavy (non-hydrogen) atoms. The van der Waals surface area contributed by atoms with Gasteiger partial charge in [-0.15, -0.1) is 0 Å². The molecule has 0 fully saturated rings. The van der Waals surface area contributed by atoms with Gasteiger partial charge in [0.2, 0.25) is 11.8 Å². The molecule has 0 aliphatic heterocycles. The molecule has 2 amide bonds. The summed E-state index contributed by atoms with van der Waals surface area (Å²) in [6.45, 7) is 1.92. The first-order valence-corrected chi connectivity index (χ1v) is 7.87. The highest BCUT2D eigenvalue weighted by atomic mass is 16.6. The van der Waals surface area contributed by atoms with Crippen molar-refractivity contribution in [3.05, 3.63) is 69.8 Å². The highest BCUT2D eigenvalue weighted by Gasteiger charge is 2.07. The number of nitrogens with one attached hydrogen (secondary N) is 2. The fraction of sp³-hybridized carbons (Fsp3) is 0.167. The number of nitro benzene ring substituents is 1. The van der Waals surface area contributed by atoms with Crippen LogP contribution in [0.25, 0.3) is 0 Å². The average Bonchev–Trinajstić information content (AvgIpc) is 2.60. The van der Waals surface area contributed by atoms with Gasteiger partial charge in [0.05, 0.1) is 11.1 Å². The third kappa shape index (κ3) is 6.16. The number of hydrazone groups is 1. The lowest BCUT2D eigenvalue weighted by molar-refractivity contribution is -0.384. The summed E-state index contributed by atoms with van der Waals surface area (Å²) in [6, 6.07) is 13.2. The molecular weight excluding hydrogens is 336 g/mol. The maximum Gasteiger partial charge on any atom is 0.270 e. The normalized spacial score (nSPS) is 10.5. The van der Waals surface area contributed by atoms with Crippen LogP contribution in [0.3, 0.4) is 0 Å². The van der Waals surface area contributed by atoms with Gasteiger partial charge >= 0.3 is 0 Å². The quantitative estimate of drug-likeness (QED) is 0.452. The van der Waals surface area contributed by atoms with Gasteiger partial charge in [-0.3, -0.25) is 19.7 Å². The molecule has 0 radical (unpaired) electrons. The van der Waals surface area contributed by atoms with Crippen molar-refractivity contribution < 1.29 is 14.5 Å². The summed E-state index contributed by atoms with van der Waals surface area (Å²) in [6.07, 6.45) is 1.30. The van der Waals surface area contributed by atoms with E-state index in [0.29, 0.717) is 11.3 Å². The van der Waals surface area contributed by atoms with Crippen molar-refractivity contribution in [2.24, 2.45) is 5.10 Å².